The van der Waals surface area contributed by atoms with Crippen molar-refractivity contribution in [2.24, 2.45) is 17.8 Å². The van der Waals surface area contributed by atoms with E-state index in [1.54, 1.807) is 17.3 Å². The molecule has 1 aromatic rings. The summed E-state index contributed by atoms with van der Waals surface area (Å²) >= 11 is 7.24. The molecule has 0 radical (unpaired) electrons. The first-order chi connectivity index (χ1) is 14.2. The second-order valence-corrected chi connectivity index (χ2v) is 10.8. The van der Waals surface area contributed by atoms with E-state index in [1.807, 2.05) is 0 Å². The predicted octanol–water partition coefficient (Wildman–Crippen LogP) is 8.43. The van der Waals surface area contributed by atoms with Crippen LogP contribution in [0.15, 0.2) is 24.3 Å². The highest BCUT2D eigenvalue weighted by molar-refractivity contribution is 8.22. The molecule has 2 aliphatic rings. The van der Waals surface area contributed by atoms with Gasteiger partial charge in [0.2, 0.25) is 0 Å². The molecule has 2 fully saturated rings. The third kappa shape index (κ3) is 6.23. The fourth-order valence-corrected chi connectivity index (χ4v) is 6.48. The van der Waals surface area contributed by atoms with Crippen LogP contribution in [-0.2, 0) is 0 Å². The molecule has 3 heteroatoms. The SMILES string of the molecule is CCCC1CCC(C2CCC(c3ccc(N(CCC)C(=S)SC)cc3)CC2)CC1. The van der Waals surface area contributed by atoms with E-state index in [1.165, 1.54) is 69.9 Å². The number of anilines is 1. The number of thiocarbonyl (C=S) groups is 1. The van der Waals surface area contributed by atoms with E-state index in [4.69, 9.17) is 12.2 Å². The lowest BCUT2D eigenvalue weighted by Crippen LogP contribution is -2.27. The van der Waals surface area contributed by atoms with Crippen molar-refractivity contribution >= 4 is 34.0 Å². The van der Waals surface area contributed by atoms with Crippen molar-refractivity contribution in [2.45, 2.75) is 90.4 Å². The molecule has 2 aliphatic carbocycles. The zero-order chi connectivity index (χ0) is 20.6. The minimum atomic E-state index is 0.767. The molecule has 0 saturated heterocycles. The summed E-state index contributed by atoms with van der Waals surface area (Å²) in [4.78, 5) is 2.29. The van der Waals surface area contributed by atoms with Crippen LogP contribution in [0.25, 0.3) is 0 Å². The summed E-state index contributed by atoms with van der Waals surface area (Å²) in [5.41, 5.74) is 2.80. The van der Waals surface area contributed by atoms with Crippen LogP contribution in [0.5, 0.6) is 0 Å². The zero-order valence-electron chi connectivity index (χ0n) is 18.9. The highest BCUT2D eigenvalue weighted by Gasteiger charge is 2.31. The molecule has 162 valence electrons. The Morgan fingerprint density at radius 2 is 1.48 bits per heavy atom. The Kier molecular flexibility index (Phi) is 9.37. The molecular weight excluding hydrogens is 390 g/mol. The summed E-state index contributed by atoms with van der Waals surface area (Å²) in [6.45, 7) is 5.57. The fourth-order valence-electron chi connectivity index (χ4n) is 5.87. The molecule has 3 rings (SSSR count). The van der Waals surface area contributed by atoms with E-state index in [0.717, 1.165) is 41.0 Å². The molecule has 0 aliphatic heterocycles. The van der Waals surface area contributed by atoms with Crippen LogP contribution in [0.4, 0.5) is 5.69 Å². The van der Waals surface area contributed by atoms with Crippen LogP contribution in [-0.4, -0.2) is 17.1 Å². The van der Waals surface area contributed by atoms with Gasteiger partial charge in [0.05, 0.1) is 0 Å². The first-order valence-electron chi connectivity index (χ1n) is 12.1. The summed E-state index contributed by atoms with van der Waals surface area (Å²) in [5, 5.41) is 0. The molecule has 29 heavy (non-hydrogen) atoms. The first-order valence-corrected chi connectivity index (χ1v) is 13.7. The van der Waals surface area contributed by atoms with Gasteiger partial charge < -0.3 is 4.90 Å². The highest BCUT2D eigenvalue weighted by atomic mass is 32.2. The van der Waals surface area contributed by atoms with Crippen LogP contribution in [0.1, 0.15) is 96.0 Å². The van der Waals surface area contributed by atoms with Crippen LogP contribution in [0.2, 0.25) is 0 Å². The number of rotatable bonds is 7. The molecule has 0 amide bonds. The summed E-state index contributed by atoms with van der Waals surface area (Å²) < 4.78 is 0.980. The number of hydrogen-bond acceptors (Lipinski definition) is 2. The Labute approximate surface area is 189 Å². The Hall–Kier alpha value is -0.540. The summed E-state index contributed by atoms with van der Waals surface area (Å²) in [6, 6.07) is 9.35. The van der Waals surface area contributed by atoms with Gasteiger partial charge in [0.1, 0.15) is 4.32 Å². The maximum absolute atomic E-state index is 5.57. The molecule has 1 nitrogen and oxygen atoms in total. The molecule has 0 N–H and O–H groups in total. The number of thioether (sulfide) groups is 1. The fraction of sp³-hybridized carbons (Fsp3) is 0.731. The van der Waals surface area contributed by atoms with Gasteiger partial charge in [0.25, 0.3) is 0 Å². The van der Waals surface area contributed by atoms with Crippen molar-refractivity contribution in [2.75, 3.05) is 17.7 Å². The molecular formula is C26H41NS2. The quantitative estimate of drug-likeness (QED) is 0.399. The number of nitrogens with zero attached hydrogens (tertiary/aromatic N) is 1. The minimum Gasteiger partial charge on any atom is -0.327 e. The standard InChI is InChI=1S/C26H41NS2/c1-4-6-20-7-9-21(10-8-20)22-11-13-23(14-12-22)24-15-17-25(18-16-24)27(19-5-2)26(28)29-3/h15-18,20-23H,4-14,19H2,1-3H3. The maximum atomic E-state index is 5.57. The monoisotopic (exact) mass is 431 g/mol. The largest absolute Gasteiger partial charge is 0.327 e. The van der Waals surface area contributed by atoms with Gasteiger partial charge in [0, 0.05) is 12.2 Å². The van der Waals surface area contributed by atoms with E-state index in [0.29, 0.717) is 0 Å². The van der Waals surface area contributed by atoms with Crippen LogP contribution in [0, 0.1) is 17.8 Å². The third-order valence-corrected chi connectivity index (χ3v) is 8.84. The average molecular weight is 432 g/mol. The number of benzene rings is 1. The summed E-state index contributed by atoms with van der Waals surface area (Å²) in [5.74, 6) is 3.84. The van der Waals surface area contributed by atoms with Gasteiger partial charge >= 0.3 is 0 Å². The van der Waals surface area contributed by atoms with Gasteiger partial charge in [-0.3, -0.25) is 0 Å². The Bertz CT molecular complexity index is 610. The summed E-state index contributed by atoms with van der Waals surface area (Å²) in [6.07, 6.45) is 17.8. The van der Waals surface area contributed by atoms with E-state index in [-0.39, 0.29) is 0 Å². The van der Waals surface area contributed by atoms with Gasteiger partial charge in [-0.15, -0.1) is 11.8 Å². The molecule has 0 unspecified atom stereocenters. The zero-order valence-corrected chi connectivity index (χ0v) is 20.5. The lowest BCUT2D eigenvalue weighted by Gasteiger charge is -2.38. The Morgan fingerprint density at radius 1 is 0.897 bits per heavy atom. The lowest BCUT2D eigenvalue weighted by atomic mass is 9.68. The van der Waals surface area contributed by atoms with E-state index < -0.39 is 0 Å². The smallest absolute Gasteiger partial charge is 0.140 e. The van der Waals surface area contributed by atoms with Crippen LogP contribution in [0.3, 0.4) is 0 Å². The predicted molar refractivity (Wildman–Crippen MR) is 135 cm³/mol. The van der Waals surface area contributed by atoms with Crippen molar-refractivity contribution in [3.8, 4) is 0 Å². The molecule has 2 saturated carbocycles. The van der Waals surface area contributed by atoms with E-state index >= 15 is 0 Å². The average Bonchev–Trinajstić information content (AvgIpc) is 2.78. The third-order valence-electron chi connectivity index (χ3n) is 7.55. The molecule has 0 aromatic heterocycles. The van der Waals surface area contributed by atoms with Gasteiger partial charge in [-0.1, -0.05) is 63.9 Å². The highest BCUT2D eigenvalue weighted by Crippen LogP contribution is 2.44. The Morgan fingerprint density at radius 3 is 2.00 bits per heavy atom. The molecule has 0 heterocycles. The summed E-state index contributed by atoms with van der Waals surface area (Å²) in [7, 11) is 0. The van der Waals surface area contributed by atoms with Crippen molar-refractivity contribution < 1.29 is 0 Å². The van der Waals surface area contributed by atoms with Crippen LogP contribution < -0.4 is 4.90 Å². The van der Waals surface area contributed by atoms with Crippen molar-refractivity contribution in [3.63, 3.8) is 0 Å². The Balaban J connectivity index is 1.51. The van der Waals surface area contributed by atoms with Crippen LogP contribution >= 0.6 is 24.0 Å². The second-order valence-electron chi connectivity index (χ2n) is 9.39. The van der Waals surface area contributed by atoms with E-state index in [2.05, 4.69) is 49.3 Å². The second kappa shape index (κ2) is 11.7. The van der Waals surface area contributed by atoms with Crippen molar-refractivity contribution in [3.05, 3.63) is 29.8 Å². The van der Waals surface area contributed by atoms with Gasteiger partial charge in [0.15, 0.2) is 0 Å². The van der Waals surface area contributed by atoms with E-state index in [9.17, 15) is 0 Å². The number of hydrogen-bond donors (Lipinski definition) is 0. The normalized spacial score (nSPS) is 27.6. The molecule has 0 bridgehead atoms. The molecule has 1 aromatic carbocycles. The lowest BCUT2D eigenvalue weighted by molar-refractivity contribution is 0.156. The van der Waals surface area contributed by atoms with Gasteiger partial charge in [-0.05, 0) is 92.6 Å². The van der Waals surface area contributed by atoms with Gasteiger partial charge in [-0.25, -0.2) is 0 Å². The first kappa shape index (κ1) is 23.1. The van der Waals surface area contributed by atoms with Crippen molar-refractivity contribution in [1.82, 2.24) is 0 Å². The minimum absolute atomic E-state index is 0.767. The molecule has 0 atom stereocenters. The topological polar surface area (TPSA) is 3.24 Å². The maximum Gasteiger partial charge on any atom is 0.140 e. The van der Waals surface area contributed by atoms with Crippen molar-refractivity contribution in [1.29, 1.82) is 0 Å². The molecule has 0 spiro atoms. The van der Waals surface area contributed by atoms with Gasteiger partial charge in [-0.2, -0.15) is 0 Å².